The van der Waals surface area contributed by atoms with Crippen molar-refractivity contribution in [3.63, 3.8) is 0 Å². The Kier molecular flexibility index (Phi) is 10.3. The van der Waals surface area contributed by atoms with Crippen LogP contribution >= 0.6 is 11.3 Å². The van der Waals surface area contributed by atoms with Crippen molar-refractivity contribution in [3.8, 4) is 5.75 Å². The maximum atomic E-state index is 13.6. The largest absolute Gasteiger partial charge is 0.496 e. The fraction of sp³-hybridized carbons (Fsp3) is 0.433. The number of hydrogen-bond acceptors (Lipinski definition) is 9. The number of likely N-dealkylation sites (tertiary alicyclic amines) is 1. The monoisotopic (exact) mass is 642 g/mol. The number of ether oxygens (including phenoxy) is 1. The fourth-order valence-electron chi connectivity index (χ4n) is 5.44. The number of nitrogens with zero attached hydrogens (tertiary/aromatic N) is 3. The number of ketones is 1. The summed E-state index contributed by atoms with van der Waals surface area (Å²) in [5, 5.41) is 3.11. The molecule has 0 radical (unpaired) electrons. The van der Waals surface area contributed by atoms with Gasteiger partial charge in [-0.1, -0.05) is 12.1 Å². The van der Waals surface area contributed by atoms with Crippen LogP contribution in [0.25, 0.3) is 10.2 Å². The van der Waals surface area contributed by atoms with Crippen molar-refractivity contribution in [1.29, 1.82) is 0 Å². The first-order valence-corrected chi connectivity index (χ1v) is 16.6. The molecule has 0 bridgehead atoms. The highest BCUT2D eigenvalue weighted by Crippen LogP contribution is 2.30. The number of guanidine groups is 1. The Morgan fingerprint density at radius 3 is 2.61 bits per heavy atom. The molecule has 0 saturated carbocycles. The van der Waals surface area contributed by atoms with E-state index in [4.69, 9.17) is 10.5 Å². The first kappa shape index (κ1) is 32.9. The number of benzene rings is 2. The van der Waals surface area contributed by atoms with Gasteiger partial charge in [-0.25, -0.2) is 18.1 Å². The summed E-state index contributed by atoms with van der Waals surface area (Å²) in [6.45, 7) is 7.16. The van der Waals surface area contributed by atoms with Crippen LogP contribution in [-0.4, -0.2) is 74.1 Å². The van der Waals surface area contributed by atoms with Crippen LogP contribution in [0.4, 0.5) is 0 Å². The van der Waals surface area contributed by atoms with Crippen molar-refractivity contribution in [2.24, 2.45) is 10.7 Å². The molecule has 1 saturated heterocycles. The number of aromatic nitrogens is 1. The second-order valence-corrected chi connectivity index (χ2v) is 13.4. The summed E-state index contributed by atoms with van der Waals surface area (Å²) in [5.74, 6) is -0.638. The van der Waals surface area contributed by atoms with Crippen molar-refractivity contribution >= 4 is 55.1 Å². The van der Waals surface area contributed by atoms with E-state index in [0.717, 1.165) is 4.70 Å². The van der Waals surface area contributed by atoms with Crippen molar-refractivity contribution in [2.75, 3.05) is 20.2 Å². The number of amides is 2. The Hall–Kier alpha value is -4.04. The van der Waals surface area contributed by atoms with Gasteiger partial charge in [-0.2, -0.15) is 0 Å². The van der Waals surface area contributed by atoms with Gasteiger partial charge >= 0.3 is 0 Å². The maximum Gasteiger partial charge on any atom is 0.264 e. The number of sulfonamides is 1. The molecule has 1 aliphatic rings. The number of aliphatic imine (C=N–C) groups is 1. The van der Waals surface area contributed by atoms with Gasteiger partial charge < -0.3 is 20.7 Å². The Bertz CT molecular complexity index is 1690. The molecular formula is C30H38N6O6S2. The number of carbonyl (C=O) groups is 3. The second kappa shape index (κ2) is 13.7. The molecular weight excluding hydrogens is 605 g/mol. The summed E-state index contributed by atoms with van der Waals surface area (Å²) in [5.41, 5.74) is 8.39. The molecule has 2 amide bonds. The summed E-state index contributed by atoms with van der Waals surface area (Å²) in [6.07, 6.45) is 1.73. The molecule has 12 nitrogen and oxygen atoms in total. The van der Waals surface area contributed by atoms with Gasteiger partial charge in [0.25, 0.3) is 10.0 Å². The number of nitrogens with one attached hydrogen (secondary N) is 2. The molecule has 14 heteroatoms. The molecule has 0 unspecified atom stereocenters. The van der Waals surface area contributed by atoms with E-state index in [-0.39, 0.29) is 40.5 Å². The van der Waals surface area contributed by atoms with Gasteiger partial charge in [0.05, 0.1) is 28.3 Å². The highest BCUT2D eigenvalue weighted by Gasteiger charge is 2.35. The van der Waals surface area contributed by atoms with E-state index in [1.807, 2.05) is 24.3 Å². The van der Waals surface area contributed by atoms with Crippen LogP contribution < -0.4 is 20.5 Å². The number of para-hydroxylation sites is 1. The number of carbonyl (C=O) groups excluding carboxylic acids is 3. The predicted molar refractivity (Wildman–Crippen MR) is 170 cm³/mol. The van der Waals surface area contributed by atoms with E-state index in [0.29, 0.717) is 53.8 Å². The van der Waals surface area contributed by atoms with Gasteiger partial charge in [-0.3, -0.25) is 19.4 Å². The van der Waals surface area contributed by atoms with Crippen LogP contribution in [0.2, 0.25) is 0 Å². The van der Waals surface area contributed by atoms with E-state index < -0.39 is 28.0 Å². The Morgan fingerprint density at radius 2 is 1.93 bits per heavy atom. The molecule has 1 aromatic heterocycles. The first-order valence-electron chi connectivity index (χ1n) is 14.3. The fourth-order valence-corrected chi connectivity index (χ4v) is 7.88. The molecule has 2 aromatic carbocycles. The number of Topliss-reactive ketones (excluding diaryl/α,β-unsaturated/α-hetero) is 1. The third-order valence-electron chi connectivity index (χ3n) is 7.74. The lowest BCUT2D eigenvalue weighted by Gasteiger charge is -2.25. The van der Waals surface area contributed by atoms with Crippen LogP contribution in [0.5, 0.6) is 5.75 Å². The highest BCUT2D eigenvalue weighted by molar-refractivity contribution is 7.90. The average Bonchev–Trinajstić information content (AvgIpc) is 3.64. The van der Waals surface area contributed by atoms with Crippen LogP contribution in [0.1, 0.15) is 59.1 Å². The zero-order valence-corrected chi connectivity index (χ0v) is 27.1. The summed E-state index contributed by atoms with van der Waals surface area (Å²) in [6, 6.07) is 7.47. The van der Waals surface area contributed by atoms with Crippen molar-refractivity contribution in [3.05, 3.63) is 52.0 Å². The number of nitrogens with two attached hydrogens (primary N) is 1. The molecule has 1 fully saturated rings. The quantitative estimate of drug-likeness (QED) is 0.124. The van der Waals surface area contributed by atoms with Crippen LogP contribution in [-0.2, 0) is 19.6 Å². The lowest BCUT2D eigenvalue weighted by Crippen LogP contribution is -2.50. The lowest BCUT2D eigenvalue weighted by atomic mass is 10.1. The number of rotatable bonds is 11. The summed E-state index contributed by atoms with van der Waals surface area (Å²) in [4.78, 5) is 49.1. The lowest BCUT2D eigenvalue weighted by molar-refractivity contribution is -0.137. The first-order chi connectivity index (χ1) is 20.8. The normalized spacial score (nSPS) is 16.2. The average molecular weight is 643 g/mol. The molecule has 3 aromatic rings. The zero-order valence-electron chi connectivity index (χ0n) is 25.5. The number of aryl methyl sites for hydroxylation is 1. The van der Waals surface area contributed by atoms with Gasteiger partial charge in [-0.05, 0) is 81.3 Å². The molecule has 44 heavy (non-hydrogen) atoms. The number of hydrogen-bond donors (Lipinski definition) is 3. The van der Waals surface area contributed by atoms with E-state index in [9.17, 15) is 22.8 Å². The van der Waals surface area contributed by atoms with Crippen molar-refractivity contribution in [1.82, 2.24) is 19.9 Å². The van der Waals surface area contributed by atoms with Gasteiger partial charge in [-0.15, -0.1) is 11.3 Å². The topological polar surface area (TPSA) is 173 Å². The number of thiazole rings is 1. The standard InChI is InChI=1S/C30H38N6O6S2/c1-17-16-24(42-5)18(2)19(3)27(17)44(40,41)35-30(31)32-14-8-11-22(33-28(39)23-12-9-15-36(23)20(4)37)26(38)29-34-21-10-6-7-13-25(21)43-29/h6-7,10,13,16,22-23H,8-9,11-12,14-15H2,1-5H3,(H,33,39)(H3,31,32,35)/t22-,23-/m0/s1. The van der Waals surface area contributed by atoms with Crippen molar-refractivity contribution in [2.45, 2.75) is 70.4 Å². The molecule has 236 valence electrons. The second-order valence-electron chi connectivity index (χ2n) is 10.8. The van der Waals surface area contributed by atoms with Gasteiger partial charge in [0.2, 0.25) is 23.6 Å². The highest BCUT2D eigenvalue weighted by atomic mass is 32.2. The van der Waals surface area contributed by atoms with Crippen LogP contribution in [0, 0.1) is 20.8 Å². The number of methoxy groups -OCH3 is 1. The SMILES string of the molecule is COc1cc(C)c(S(=O)(=O)NC(N)=NCCC[C@H](NC(=O)[C@@H]2CCCN2C(C)=O)C(=O)c2nc3ccccc3s2)c(C)c1C. The van der Waals surface area contributed by atoms with E-state index in [1.165, 1.54) is 30.3 Å². The molecule has 1 aliphatic heterocycles. The van der Waals surface area contributed by atoms with E-state index in [2.05, 4.69) is 20.0 Å². The number of fused-ring (bicyclic) bond motifs is 1. The third-order valence-corrected chi connectivity index (χ3v) is 10.4. The molecule has 4 rings (SSSR count). The predicted octanol–water partition coefficient (Wildman–Crippen LogP) is 2.98. The molecule has 2 heterocycles. The Morgan fingerprint density at radius 1 is 1.20 bits per heavy atom. The minimum Gasteiger partial charge on any atom is -0.496 e. The molecule has 2 atom stereocenters. The van der Waals surface area contributed by atoms with Crippen LogP contribution in [0.3, 0.4) is 0 Å². The van der Waals surface area contributed by atoms with Crippen LogP contribution in [0.15, 0.2) is 40.2 Å². The van der Waals surface area contributed by atoms with Gasteiger partial charge in [0.15, 0.2) is 5.01 Å². The molecule has 0 aliphatic carbocycles. The van der Waals surface area contributed by atoms with Gasteiger partial charge in [0.1, 0.15) is 11.8 Å². The minimum atomic E-state index is -4.03. The summed E-state index contributed by atoms with van der Waals surface area (Å²) >= 11 is 1.24. The zero-order chi connectivity index (χ0) is 32.2. The summed E-state index contributed by atoms with van der Waals surface area (Å²) < 4.78 is 34.9. The smallest absolute Gasteiger partial charge is 0.264 e. The Labute approximate surface area is 261 Å². The Balaban J connectivity index is 1.47. The van der Waals surface area contributed by atoms with E-state index >= 15 is 0 Å². The van der Waals surface area contributed by atoms with Crippen molar-refractivity contribution < 1.29 is 27.5 Å². The maximum absolute atomic E-state index is 13.6. The molecule has 0 spiro atoms. The third kappa shape index (κ3) is 7.18. The van der Waals surface area contributed by atoms with E-state index in [1.54, 1.807) is 26.8 Å². The molecule has 4 N–H and O–H groups in total. The summed E-state index contributed by atoms with van der Waals surface area (Å²) in [7, 11) is -2.51. The minimum absolute atomic E-state index is 0.0937. The van der Waals surface area contributed by atoms with Gasteiger partial charge in [0, 0.05) is 20.0 Å².